The van der Waals surface area contributed by atoms with E-state index in [-0.39, 0.29) is 18.6 Å². The zero-order valence-electron chi connectivity index (χ0n) is 12.3. The lowest BCUT2D eigenvalue weighted by molar-refractivity contribution is -0.148. The SMILES string of the molecule is CCC(CC1CC1)NC(=O)NCC1(C(=O)O)CCCC1. The average molecular weight is 282 g/mol. The predicted molar refractivity (Wildman–Crippen MR) is 76.5 cm³/mol. The number of aliphatic carboxylic acids is 1. The van der Waals surface area contributed by atoms with E-state index in [0.717, 1.165) is 31.6 Å². The maximum Gasteiger partial charge on any atom is 0.315 e. The number of carboxylic acids is 1. The van der Waals surface area contributed by atoms with Gasteiger partial charge < -0.3 is 15.7 Å². The Bertz CT molecular complexity index is 360. The summed E-state index contributed by atoms with van der Waals surface area (Å²) in [6.07, 6.45) is 7.75. The first-order chi connectivity index (χ1) is 9.55. The number of amides is 2. The molecule has 0 spiro atoms. The van der Waals surface area contributed by atoms with Crippen molar-refractivity contribution in [2.45, 2.75) is 64.3 Å². The Balaban J connectivity index is 1.76. The standard InChI is InChI=1S/C15H26N2O3/c1-2-12(9-11-5-6-11)17-14(20)16-10-15(13(18)19)7-3-4-8-15/h11-12H,2-10H2,1H3,(H,18,19)(H2,16,17,20). The Kier molecular flexibility index (Phi) is 4.89. The molecule has 0 saturated heterocycles. The number of carbonyl (C=O) groups is 2. The maximum atomic E-state index is 11.9. The third kappa shape index (κ3) is 3.87. The summed E-state index contributed by atoms with van der Waals surface area (Å²) in [6, 6.07) is -0.00289. The molecule has 1 atom stereocenters. The summed E-state index contributed by atoms with van der Waals surface area (Å²) in [5.41, 5.74) is -0.741. The fourth-order valence-electron chi connectivity index (χ4n) is 3.09. The van der Waals surface area contributed by atoms with Crippen molar-refractivity contribution in [2.24, 2.45) is 11.3 Å². The number of hydrogen-bond donors (Lipinski definition) is 3. The largest absolute Gasteiger partial charge is 0.481 e. The summed E-state index contributed by atoms with van der Waals surface area (Å²) >= 11 is 0. The highest BCUT2D eigenvalue weighted by molar-refractivity contribution is 5.78. The molecule has 5 heteroatoms. The van der Waals surface area contributed by atoms with Gasteiger partial charge in [-0.15, -0.1) is 0 Å². The van der Waals surface area contributed by atoms with Crippen LogP contribution in [0.3, 0.4) is 0 Å². The highest BCUT2D eigenvalue weighted by Gasteiger charge is 2.41. The zero-order valence-corrected chi connectivity index (χ0v) is 12.3. The van der Waals surface area contributed by atoms with Gasteiger partial charge >= 0.3 is 12.0 Å². The van der Waals surface area contributed by atoms with Crippen molar-refractivity contribution in [3.8, 4) is 0 Å². The Morgan fingerprint density at radius 1 is 1.30 bits per heavy atom. The van der Waals surface area contributed by atoms with Crippen LogP contribution in [0.5, 0.6) is 0 Å². The molecule has 2 aliphatic carbocycles. The number of rotatable bonds is 7. The monoisotopic (exact) mass is 282 g/mol. The van der Waals surface area contributed by atoms with E-state index in [2.05, 4.69) is 17.6 Å². The third-order valence-electron chi connectivity index (χ3n) is 4.74. The molecule has 0 aromatic carbocycles. The van der Waals surface area contributed by atoms with Crippen LogP contribution in [0.2, 0.25) is 0 Å². The van der Waals surface area contributed by atoms with Crippen molar-refractivity contribution >= 4 is 12.0 Å². The molecule has 0 radical (unpaired) electrons. The first-order valence-electron chi connectivity index (χ1n) is 7.83. The first kappa shape index (κ1) is 15.1. The van der Waals surface area contributed by atoms with Gasteiger partial charge in [-0.3, -0.25) is 4.79 Å². The minimum atomic E-state index is -0.777. The van der Waals surface area contributed by atoms with Crippen LogP contribution in [-0.2, 0) is 4.79 Å². The van der Waals surface area contributed by atoms with Gasteiger partial charge in [0.2, 0.25) is 0 Å². The summed E-state index contributed by atoms with van der Waals surface area (Å²) in [7, 11) is 0. The average Bonchev–Trinajstić information content (AvgIpc) is 3.10. The smallest absolute Gasteiger partial charge is 0.315 e. The second-order valence-electron chi connectivity index (χ2n) is 6.40. The lowest BCUT2D eigenvalue weighted by atomic mass is 9.86. The van der Waals surface area contributed by atoms with Crippen molar-refractivity contribution in [2.75, 3.05) is 6.54 Å². The number of nitrogens with one attached hydrogen (secondary N) is 2. The predicted octanol–water partition coefficient (Wildman–Crippen LogP) is 2.51. The molecular formula is C15H26N2O3. The third-order valence-corrected chi connectivity index (χ3v) is 4.74. The molecule has 0 aliphatic heterocycles. The minimum Gasteiger partial charge on any atom is -0.481 e. The van der Waals surface area contributed by atoms with Crippen molar-refractivity contribution in [1.29, 1.82) is 0 Å². The van der Waals surface area contributed by atoms with Crippen molar-refractivity contribution < 1.29 is 14.7 Å². The normalized spacial score (nSPS) is 22.2. The number of hydrogen-bond acceptors (Lipinski definition) is 2. The summed E-state index contributed by atoms with van der Waals surface area (Å²) < 4.78 is 0. The highest BCUT2D eigenvalue weighted by Crippen LogP contribution is 2.37. The fraction of sp³-hybridized carbons (Fsp3) is 0.867. The molecule has 114 valence electrons. The molecule has 2 rings (SSSR count). The van der Waals surface area contributed by atoms with Gasteiger partial charge in [0, 0.05) is 12.6 Å². The molecule has 0 bridgehead atoms. The molecule has 2 aliphatic rings. The number of carboxylic acid groups (broad SMARTS) is 1. The Morgan fingerprint density at radius 3 is 2.45 bits per heavy atom. The van der Waals surface area contributed by atoms with Gasteiger partial charge in [0.15, 0.2) is 0 Å². The van der Waals surface area contributed by atoms with Crippen molar-refractivity contribution in [3.05, 3.63) is 0 Å². The van der Waals surface area contributed by atoms with Crippen LogP contribution < -0.4 is 10.6 Å². The zero-order chi connectivity index (χ0) is 14.6. The second kappa shape index (κ2) is 6.46. The van der Waals surface area contributed by atoms with E-state index in [1.54, 1.807) is 0 Å². The molecule has 0 aromatic rings. The Labute approximate surface area is 120 Å². The Morgan fingerprint density at radius 2 is 1.95 bits per heavy atom. The van der Waals surface area contributed by atoms with Crippen LogP contribution in [-0.4, -0.2) is 29.7 Å². The number of urea groups is 1. The maximum absolute atomic E-state index is 11.9. The fourth-order valence-corrected chi connectivity index (χ4v) is 3.09. The molecule has 3 N–H and O–H groups in total. The lowest BCUT2D eigenvalue weighted by Crippen LogP contribution is -2.47. The summed E-state index contributed by atoms with van der Waals surface area (Å²) in [5, 5.41) is 15.1. The van der Waals surface area contributed by atoms with E-state index in [9.17, 15) is 14.7 Å². The van der Waals surface area contributed by atoms with E-state index in [1.165, 1.54) is 12.8 Å². The quantitative estimate of drug-likeness (QED) is 0.671. The highest BCUT2D eigenvalue weighted by atomic mass is 16.4. The van der Waals surface area contributed by atoms with Crippen LogP contribution >= 0.6 is 0 Å². The molecule has 20 heavy (non-hydrogen) atoms. The molecule has 0 aromatic heterocycles. The van der Waals surface area contributed by atoms with Gasteiger partial charge in [0.05, 0.1) is 5.41 Å². The summed E-state index contributed by atoms with van der Waals surface area (Å²) in [5.74, 6) is 0.000709. The molecule has 2 fully saturated rings. The minimum absolute atomic E-state index is 0.215. The van der Waals surface area contributed by atoms with E-state index >= 15 is 0 Å². The van der Waals surface area contributed by atoms with Crippen molar-refractivity contribution in [3.63, 3.8) is 0 Å². The molecule has 2 saturated carbocycles. The van der Waals surface area contributed by atoms with Gasteiger partial charge in [-0.25, -0.2) is 4.79 Å². The summed E-state index contributed by atoms with van der Waals surface area (Å²) in [6.45, 7) is 2.32. The molecule has 2 amide bonds. The molecule has 0 heterocycles. The van der Waals surface area contributed by atoms with E-state index < -0.39 is 11.4 Å². The summed E-state index contributed by atoms with van der Waals surface area (Å²) in [4.78, 5) is 23.3. The van der Waals surface area contributed by atoms with Crippen molar-refractivity contribution in [1.82, 2.24) is 10.6 Å². The van der Waals surface area contributed by atoms with Gasteiger partial charge in [0.1, 0.15) is 0 Å². The molecule has 1 unspecified atom stereocenters. The lowest BCUT2D eigenvalue weighted by Gasteiger charge is -2.25. The van der Waals surface area contributed by atoms with E-state index in [0.29, 0.717) is 12.8 Å². The Hall–Kier alpha value is -1.26. The van der Waals surface area contributed by atoms with Gasteiger partial charge in [-0.05, 0) is 31.6 Å². The topological polar surface area (TPSA) is 78.4 Å². The van der Waals surface area contributed by atoms with Crippen LogP contribution in [0.1, 0.15) is 58.3 Å². The van der Waals surface area contributed by atoms with E-state index in [1.807, 2.05) is 0 Å². The van der Waals surface area contributed by atoms with Gasteiger partial charge in [-0.2, -0.15) is 0 Å². The van der Waals surface area contributed by atoms with Gasteiger partial charge in [0.25, 0.3) is 0 Å². The van der Waals surface area contributed by atoms with Crippen LogP contribution in [0.25, 0.3) is 0 Å². The molecular weight excluding hydrogens is 256 g/mol. The van der Waals surface area contributed by atoms with E-state index in [4.69, 9.17) is 0 Å². The van der Waals surface area contributed by atoms with Crippen LogP contribution in [0.4, 0.5) is 4.79 Å². The number of carbonyl (C=O) groups excluding carboxylic acids is 1. The van der Waals surface area contributed by atoms with Gasteiger partial charge in [-0.1, -0.05) is 32.6 Å². The van der Waals surface area contributed by atoms with Crippen LogP contribution in [0.15, 0.2) is 0 Å². The first-order valence-corrected chi connectivity index (χ1v) is 7.83. The molecule has 5 nitrogen and oxygen atoms in total. The van der Waals surface area contributed by atoms with Crippen LogP contribution in [0, 0.1) is 11.3 Å². The second-order valence-corrected chi connectivity index (χ2v) is 6.40.